The molecule has 1 heterocycles. The first-order chi connectivity index (χ1) is 12.5. The number of amides is 2. The van der Waals surface area contributed by atoms with Gasteiger partial charge < -0.3 is 10.2 Å². The van der Waals surface area contributed by atoms with Crippen molar-refractivity contribution in [1.82, 2.24) is 19.9 Å². The molecule has 3 rings (SSSR count). The average Bonchev–Trinajstić information content (AvgIpc) is 3.10. The van der Waals surface area contributed by atoms with Crippen LogP contribution < -0.4 is 5.32 Å². The fourth-order valence-electron chi connectivity index (χ4n) is 2.43. The number of rotatable bonds is 5. The lowest BCUT2D eigenvalue weighted by atomic mass is 10.2. The Balaban J connectivity index is 1.69. The van der Waals surface area contributed by atoms with Crippen molar-refractivity contribution in [2.75, 3.05) is 19.4 Å². The highest BCUT2D eigenvalue weighted by Crippen LogP contribution is 2.13. The minimum absolute atomic E-state index is 0.130. The number of hydrogen-bond acceptors (Lipinski definition) is 4. The third-order valence-corrected chi connectivity index (χ3v) is 3.73. The molecule has 3 aromatic rings. The first-order valence-electron chi connectivity index (χ1n) is 8.10. The Morgan fingerprint density at radius 2 is 1.85 bits per heavy atom. The van der Waals surface area contributed by atoms with Crippen LogP contribution in [-0.4, -0.2) is 45.8 Å². The van der Waals surface area contributed by atoms with Crippen molar-refractivity contribution in [3.05, 3.63) is 77.6 Å². The molecule has 0 saturated heterocycles. The van der Waals surface area contributed by atoms with E-state index in [0.29, 0.717) is 17.8 Å². The highest BCUT2D eigenvalue weighted by molar-refractivity contribution is 6.03. The third-order valence-electron chi connectivity index (χ3n) is 3.73. The van der Waals surface area contributed by atoms with Gasteiger partial charge in [0.05, 0.1) is 12.7 Å². The minimum atomic E-state index is -0.376. The van der Waals surface area contributed by atoms with E-state index in [9.17, 15) is 9.59 Å². The lowest BCUT2D eigenvalue weighted by Crippen LogP contribution is -2.22. The number of nitrogens with zero attached hydrogens (tertiary/aromatic N) is 4. The zero-order valence-corrected chi connectivity index (χ0v) is 14.6. The normalized spacial score (nSPS) is 10.4. The van der Waals surface area contributed by atoms with Gasteiger partial charge in [0.1, 0.15) is 0 Å². The smallest absolute Gasteiger partial charge is 0.277 e. The maximum absolute atomic E-state index is 12.4. The third kappa shape index (κ3) is 4.13. The molecule has 2 aromatic carbocycles. The lowest BCUT2D eigenvalue weighted by molar-refractivity contribution is 0.0827. The van der Waals surface area contributed by atoms with Crippen LogP contribution in [0.2, 0.25) is 0 Å². The van der Waals surface area contributed by atoms with Gasteiger partial charge in [-0.2, -0.15) is 0 Å². The first kappa shape index (κ1) is 17.3. The van der Waals surface area contributed by atoms with E-state index in [1.54, 1.807) is 49.2 Å². The Hall–Kier alpha value is -3.48. The fraction of sp³-hybridized carbons (Fsp3) is 0.158. The summed E-state index contributed by atoms with van der Waals surface area (Å²) in [6, 6.07) is 16.6. The Kier molecular flexibility index (Phi) is 5.07. The largest absolute Gasteiger partial charge is 0.345 e. The molecule has 0 atom stereocenters. The fourth-order valence-corrected chi connectivity index (χ4v) is 2.43. The zero-order chi connectivity index (χ0) is 18.5. The average molecular weight is 349 g/mol. The van der Waals surface area contributed by atoms with Gasteiger partial charge in [0.15, 0.2) is 5.69 Å². The van der Waals surface area contributed by atoms with Crippen LogP contribution in [0.1, 0.15) is 26.4 Å². The van der Waals surface area contributed by atoms with Gasteiger partial charge in [-0.25, -0.2) is 4.68 Å². The number of hydrogen-bond donors (Lipinski definition) is 1. The molecule has 1 aromatic heterocycles. The van der Waals surface area contributed by atoms with Crippen LogP contribution in [0.15, 0.2) is 60.8 Å². The monoisotopic (exact) mass is 349 g/mol. The van der Waals surface area contributed by atoms with Gasteiger partial charge in [-0.05, 0) is 23.8 Å². The lowest BCUT2D eigenvalue weighted by Gasteiger charge is -2.11. The van der Waals surface area contributed by atoms with E-state index in [0.717, 1.165) is 5.56 Å². The topological polar surface area (TPSA) is 80.1 Å². The SMILES string of the molecule is CN(C)C(=O)c1cccc(NC(=O)c2cn(Cc3ccccc3)nn2)c1. The van der Waals surface area contributed by atoms with Crippen LogP contribution >= 0.6 is 0 Å². The van der Waals surface area contributed by atoms with E-state index in [1.807, 2.05) is 30.3 Å². The molecule has 2 amide bonds. The molecule has 0 fully saturated rings. The molecule has 0 aliphatic heterocycles. The molecule has 0 radical (unpaired) electrons. The maximum Gasteiger partial charge on any atom is 0.277 e. The summed E-state index contributed by atoms with van der Waals surface area (Å²) in [6.45, 7) is 0.536. The van der Waals surface area contributed by atoms with Gasteiger partial charge in [-0.3, -0.25) is 9.59 Å². The van der Waals surface area contributed by atoms with Crippen molar-refractivity contribution >= 4 is 17.5 Å². The molecule has 0 aliphatic carbocycles. The second-order valence-corrected chi connectivity index (χ2v) is 6.02. The number of benzene rings is 2. The summed E-state index contributed by atoms with van der Waals surface area (Å²) in [6.07, 6.45) is 1.59. The summed E-state index contributed by atoms with van der Waals surface area (Å²) in [7, 11) is 3.36. The summed E-state index contributed by atoms with van der Waals surface area (Å²) in [4.78, 5) is 25.9. The summed E-state index contributed by atoms with van der Waals surface area (Å²) < 4.78 is 1.61. The molecular weight excluding hydrogens is 330 g/mol. The Bertz CT molecular complexity index is 918. The Morgan fingerprint density at radius 1 is 1.08 bits per heavy atom. The Morgan fingerprint density at radius 3 is 2.58 bits per heavy atom. The van der Waals surface area contributed by atoms with E-state index < -0.39 is 0 Å². The van der Waals surface area contributed by atoms with Crippen LogP contribution in [0.25, 0.3) is 0 Å². The molecular formula is C19H19N5O2. The minimum Gasteiger partial charge on any atom is -0.345 e. The quantitative estimate of drug-likeness (QED) is 0.766. The highest BCUT2D eigenvalue weighted by atomic mass is 16.2. The number of nitrogens with one attached hydrogen (secondary N) is 1. The van der Waals surface area contributed by atoms with Gasteiger partial charge >= 0.3 is 0 Å². The molecule has 0 aliphatic rings. The molecule has 0 spiro atoms. The van der Waals surface area contributed by atoms with Crippen molar-refractivity contribution in [2.45, 2.75) is 6.54 Å². The number of carbonyl (C=O) groups is 2. The molecule has 26 heavy (non-hydrogen) atoms. The van der Waals surface area contributed by atoms with Crippen molar-refractivity contribution in [2.24, 2.45) is 0 Å². The van der Waals surface area contributed by atoms with Crippen LogP contribution in [-0.2, 0) is 6.54 Å². The molecule has 1 N–H and O–H groups in total. The molecule has 0 unspecified atom stereocenters. The molecule has 7 heteroatoms. The van der Waals surface area contributed by atoms with Crippen molar-refractivity contribution < 1.29 is 9.59 Å². The van der Waals surface area contributed by atoms with Crippen LogP contribution in [0, 0.1) is 0 Å². The molecule has 0 bridgehead atoms. The zero-order valence-electron chi connectivity index (χ0n) is 14.6. The summed E-state index contributed by atoms with van der Waals surface area (Å²) in [5.74, 6) is -0.506. The number of carbonyl (C=O) groups excluding carboxylic acids is 2. The standard InChI is InChI=1S/C19H19N5O2/c1-23(2)19(26)15-9-6-10-16(11-15)20-18(25)17-13-24(22-21-17)12-14-7-4-3-5-8-14/h3-11,13H,12H2,1-2H3,(H,20,25). The van der Waals surface area contributed by atoms with Crippen molar-refractivity contribution in [3.63, 3.8) is 0 Å². The maximum atomic E-state index is 12.4. The number of aromatic nitrogens is 3. The van der Waals surface area contributed by atoms with Gasteiger partial charge in [-0.15, -0.1) is 5.10 Å². The summed E-state index contributed by atoms with van der Waals surface area (Å²) in [5, 5.41) is 10.7. The molecule has 0 saturated carbocycles. The van der Waals surface area contributed by atoms with E-state index in [2.05, 4.69) is 15.6 Å². The van der Waals surface area contributed by atoms with Crippen molar-refractivity contribution in [3.8, 4) is 0 Å². The predicted octanol–water partition coefficient (Wildman–Crippen LogP) is 2.28. The van der Waals surface area contributed by atoms with E-state index >= 15 is 0 Å². The van der Waals surface area contributed by atoms with E-state index in [4.69, 9.17) is 0 Å². The van der Waals surface area contributed by atoms with E-state index in [-0.39, 0.29) is 17.5 Å². The van der Waals surface area contributed by atoms with Crippen molar-refractivity contribution in [1.29, 1.82) is 0 Å². The molecule has 7 nitrogen and oxygen atoms in total. The predicted molar refractivity (Wildman–Crippen MR) is 98.0 cm³/mol. The summed E-state index contributed by atoms with van der Waals surface area (Å²) in [5.41, 5.74) is 2.31. The van der Waals surface area contributed by atoms with Crippen LogP contribution in [0.3, 0.4) is 0 Å². The number of anilines is 1. The van der Waals surface area contributed by atoms with Gasteiger partial charge in [0.2, 0.25) is 0 Å². The van der Waals surface area contributed by atoms with E-state index in [1.165, 1.54) is 4.90 Å². The second kappa shape index (κ2) is 7.60. The van der Waals surface area contributed by atoms with Crippen LogP contribution in [0.4, 0.5) is 5.69 Å². The van der Waals surface area contributed by atoms with Gasteiger partial charge in [0.25, 0.3) is 11.8 Å². The molecule has 132 valence electrons. The summed E-state index contributed by atoms with van der Waals surface area (Å²) >= 11 is 0. The highest BCUT2D eigenvalue weighted by Gasteiger charge is 2.13. The Labute approximate surface area is 151 Å². The van der Waals surface area contributed by atoms with Gasteiger partial charge in [-0.1, -0.05) is 41.6 Å². The first-order valence-corrected chi connectivity index (χ1v) is 8.10. The second-order valence-electron chi connectivity index (χ2n) is 6.02. The van der Waals surface area contributed by atoms with Crippen LogP contribution in [0.5, 0.6) is 0 Å². The van der Waals surface area contributed by atoms with Gasteiger partial charge in [0, 0.05) is 25.3 Å².